The molecule has 7 heteroatoms. The first-order chi connectivity index (χ1) is 11.4. The van der Waals surface area contributed by atoms with Crippen LogP contribution >= 0.6 is 0 Å². The number of aldehydes is 1. The molecular weight excluding hydrogens is 304 g/mol. The first-order valence-corrected chi connectivity index (χ1v) is 7.97. The minimum Gasteiger partial charge on any atom is -0.366 e. The molecule has 0 atom stereocenters. The first kappa shape index (κ1) is 17.7. The van der Waals surface area contributed by atoms with E-state index in [0.29, 0.717) is 23.9 Å². The molecule has 0 radical (unpaired) electrons. The van der Waals surface area contributed by atoms with Gasteiger partial charge >= 0.3 is 0 Å². The van der Waals surface area contributed by atoms with Crippen molar-refractivity contribution in [3.05, 3.63) is 36.3 Å². The maximum absolute atomic E-state index is 11.1. The molecule has 2 rings (SSSR count). The zero-order chi connectivity index (χ0) is 17.6. The average Bonchev–Trinajstić information content (AvgIpc) is 3.00. The Morgan fingerprint density at radius 1 is 1.25 bits per heavy atom. The molecule has 0 saturated heterocycles. The van der Waals surface area contributed by atoms with E-state index in [4.69, 9.17) is 0 Å². The SMILES string of the molecule is CC/C=C\CNc1nc(Nc2cnn(C(C)(C)C)c2)ncc1C=O. The fraction of sp³-hybridized carbons (Fsp3) is 0.412. The van der Waals surface area contributed by atoms with Gasteiger partial charge in [0.2, 0.25) is 5.95 Å². The van der Waals surface area contributed by atoms with Crippen LogP contribution in [-0.4, -0.2) is 32.6 Å². The molecule has 0 unspecified atom stereocenters. The molecule has 0 aromatic carbocycles. The molecule has 0 aliphatic rings. The number of hydrogen-bond donors (Lipinski definition) is 2. The van der Waals surface area contributed by atoms with Crippen molar-refractivity contribution >= 4 is 23.7 Å². The number of rotatable bonds is 7. The van der Waals surface area contributed by atoms with E-state index < -0.39 is 0 Å². The van der Waals surface area contributed by atoms with Gasteiger partial charge in [0, 0.05) is 18.9 Å². The van der Waals surface area contributed by atoms with Gasteiger partial charge in [-0.2, -0.15) is 10.1 Å². The number of anilines is 3. The molecule has 0 aliphatic heterocycles. The predicted octanol–water partition coefficient (Wildman–Crippen LogP) is 3.36. The number of carbonyl (C=O) groups is 1. The van der Waals surface area contributed by atoms with Crippen molar-refractivity contribution in [2.24, 2.45) is 0 Å². The standard InChI is InChI=1S/C17H24N6O/c1-5-6-7-8-18-15-13(12-24)9-19-16(22-15)21-14-10-20-23(11-14)17(2,3)4/h6-7,9-12H,5,8H2,1-4H3,(H2,18,19,21,22)/b7-6-. The zero-order valence-corrected chi connectivity index (χ0v) is 14.6. The topological polar surface area (TPSA) is 84.7 Å². The van der Waals surface area contributed by atoms with Gasteiger partial charge < -0.3 is 10.6 Å². The highest BCUT2D eigenvalue weighted by atomic mass is 16.1. The smallest absolute Gasteiger partial charge is 0.229 e. The molecule has 128 valence electrons. The number of carbonyl (C=O) groups excluding carboxylic acids is 1. The molecule has 0 amide bonds. The minimum atomic E-state index is -0.0967. The molecule has 2 N–H and O–H groups in total. The third-order valence-corrected chi connectivity index (χ3v) is 3.26. The molecule has 0 fully saturated rings. The Morgan fingerprint density at radius 2 is 2.04 bits per heavy atom. The summed E-state index contributed by atoms with van der Waals surface area (Å²) < 4.78 is 1.86. The van der Waals surface area contributed by atoms with Crippen LogP contribution in [0.5, 0.6) is 0 Å². The number of allylic oxidation sites excluding steroid dienone is 1. The van der Waals surface area contributed by atoms with E-state index in [9.17, 15) is 4.79 Å². The molecule has 0 bridgehead atoms. The minimum absolute atomic E-state index is 0.0967. The maximum atomic E-state index is 11.1. The summed E-state index contributed by atoms with van der Waals surface area (Å²) >= 11 is 0. The van der Waals surface area contributed by atoms with Crippen LogP contribution in [0.3, 0.4) is 0 Å². The Morgan fingerprint density at radius 3 is 2.67 bits per heavy atom. The van der Waals surface area contributed by atoms with Gasteiger partial charge in [0.25, 0.3) is 0 Å². The van der Waals surface area contributed by atoms with Gasteiger partial charge in [-0.15, -0.1) is 0 Å². The van der Waals surface area contributed by atoms with Gasteiger partial charge in [-0.25, -0.2) is 4.98 Å². The second-order valence-corrected chi connectivity index (χ2v) is 6.35. The van der Waals surface area contributed by atoms with Gasteiger partial charge in [0.05, 0.1) is 23.0 Å². The molecular formula is C17H24N6O. The van der Waals surface area contributed by atoms with E-state index in [-0.39, 0.29) is 5.54 Å². The molecule has 2 heterocycles. The Balaban J connectivity index is 2.14. The van der Waals surface area contributed by atoms with E-state index in [1.807, 2.05) is 17.0 Å². The van der Waals surface area contributed by atoms with Gasteiger partial charge in [-0.1, -0.05) is 19.1 Å². The highest BCUT2D eigenvalue weighted by molar-refractivity contribution is 5.82. The van der Waals surface area contributed by atoms with Crippen LogP contribution in [-0.2, 0) is 5.54 Å². The highest BCUT2D eigenvalue weighted by Crippen LogP contribution is 2.19. The lowest BCUT2D eigenvalue weighted by molar-refractivity contribution is 0.112. The third kappa shape index (κ3) is 4.65. The van der Waals surface area contributed by atoms with Crippen LogP contribution in [0.2, 0.25) is 0 Å². The molecule has 2 aromatic rings. The van der Waals surface area contributed by atoms with E-state index >= 15 is 0 Å². The van der Waals surface area contributed by atoms with Gasteiger partial charge in [0.15, 0.2) is 6.29 Å². The van der Waals surface area contributed by atoms with Crippen molar-refractivity contribution in [2.45, 2.75) is 39.7 Å². The summed E-state index contributed by atoms with van der Waals surface area (Å²) in [5.41, 5.74) is 1.12. The molecule has 24 heavy (non-hydrogen) atoms. The first-order valence-electron chi connectivity index (χ1n) is 7.97. The van der Waals surface area contributed by atoms with E-state index in [1.54, 1.807) is 6.20 Å². The summed E-state index contributed by atoms with van der Waals surface area (Å²) in [5.74, 6) is 0.919. The van der Waals surface area contributed by atoms with Crippen molar-refractivity contribution in [1.29, 1.82) is 0 Å². The van der Waals surface area contributed by atoms with Crippen molar-refractivity contribution in [3.8, 4) is 0 Å². The predicted molar refractivity (Wildman–Crippen MR) is 95.8 cm³/mol. The lowest BCUT2D eigenvalue weighted by Gasteiger charge is -2.18. The Labute approximate surface area is 142 Å². The second-order valence-electron chi connectivity index (χ2n) is 6.35. The van der Waals surface area contributed by atoms with Gasteiger partial charge in [-0.3, -0.25) is 9.48 Å². The lowest BCUT2D eigenvalue weighted by atomic mass is 10.1. The van der Waals surface area contributed by atoms with E-state index in [2.05, 4.69) is 59.5 Å². The van der Waals surface area contributed by atoms with E-state index in [0.717, 1.165) is 18.4 Å². The number of nitrogens with one attached hydrogen (secondary N) is 2. The van der Waals surface area contributed by atoms with Crippen molar-refractivity contribution in [3.63, 3.8) is 0 Å². The quantitative estimate of drug-likeness (QED) is 0.599. The highest BCUT2D eigenvalue weighted by Gasteiger charge is 2.14. The number of aromatic nitrogens is 4. The largest absolute Gasteiger partial charge is 0.366 e. The summed E-state index contributed by atoms with van der Waals surface area (Å²) in [4.78, 5) is 19.7. The fourth-order valence-electron chi connectivity index (χ4n) is 1.97. The molecule has 0 saturated carbocycles. The Bertz CT molecular complexity index is 714. The number of hydrogen-bond acceptors (Lipinski definition) is 6. The maximum Gasteiger partial charge on any atom is 0.229 e. The van der Waals surface area contributed by atoms with Gasteiger partial charge in [0.1, 0.15) is 5.82 Å². The summed E-state index contributed by atoms with van der Waals surface area (Å²) in [7, 11) is 0. The van der Waals surface area contributed by atoms with E-state index in [1.165, 1.54) is 6.20 Å². The number of nitrogens with zero attached hydrogens (tertiary/aromatic N) is 4. The normalized spacial score (nSPS) is 11.7. The summed E-state index contributed by atoms with van der Waals surface area (Å²) in [6.07, 6.45) is 10.9. The van der Waals surface area contributed by atoms with Gasteiger partial charge in [-0.05, 0) is 27.2 Å². The second kappa shape index (κ2) is 7.72. The van der Waals surface area contributed by atoms with Crippen LogP contribution in [0.1, 0.15) is 44.5 Å². The lowest BCUT2D eigenvalue weighted by Crippen LogP contribution is -2.21. The van der Waals surface area contributed by atoms with Crippen molar-refractivity contribution < 1.29 is 4.79 Å². The molecule has 0 aliphatic carbocycles. The molecule has 7 nitrogen and oxygen atoms in total. The Hall–Kier alpha value is -2.70. The fourth-order valence-corrected chi connectivity index (χ4v) is 1.97. The van der Waals surface area contributed by atoms with Crippen molar-refractivity contribution in [2.75, 3.05) is 17.2 Å². The van der Waals surface area contributed by atoms with Crippen LogP contribution in [0.15, 0.2) is 30.7 Å². The zero-order valence-electron chi connectivity index (χ0n) is 14.6. The summed E-state index contributed by atoms with van der Waals surface area (Å²) in [6.45, 7) is 8.89. The molecule has 2 aromatic heterocycles. The Kier molecular flexibility index (Phi) is 5.68. The third-order valence-electron chi connectivity index (χ3n) is 3.26. The average molecular weight is 328 g/mol. The molecule has 0 spiro atoms. The van der Waals surface area contributed by atoms with Crippen LogP contribution in [0, 0.1) is 0 Å². The monoisotopic (exact) mass is 328 g/mol. The van der Waals surface area contributed by atoms with Crippen LogP contribution in [0.4, 0.5) is 17.5 Å². The van der Waals surface area contributed by atoms with Crippen LogP contribution in [0.25, 0.3) is 0 Å². The van der Waals surface area contributed by atoms with Crippen molar-refractivity contribution in [1.82, 2.24) is 19.7 Å². The summed E-state index contributed by atoms with van der Waals surface area (Å²) in [5, 5.41) is 10.6. The summed E-state index contributed by atoms with van der Waals surface area (Å²) in [6, 6.07) is 0. The van der Waals surface area contributed by atoms with Crippen LogP contribution < -0.4 is 10.6 Å².